The molecule has 0 N–H and O–H groups in total. The number of rotatable bonds is 12. The zero-order chi connectivity index (χ0) is 115. The van der Waals surface area contributed by atoms with Crippen molar-refractivity contribution in [1.29, 1.82) is 0 Å². The summed E-state index contributed by atoms with van der Waals surface area (Å²) < 4.78 is 298. The Balaban J connectivity index is 0.000000137. The van der Waals surface area contributed by atoms with E-state index in [9.17, 15) is 16.4 Å². The second-order valence-corrected chi connectivity index (χ2v) is 31.8. The number of benzene rings is 21. The monoisotopic (exact) mass is 1710 g/mol. The fourth-order valence-electron chi connectivity index (χ4n) is 18.5. The lowest BCUT2D eigenvalue weighted by Crippen LogP contribution is -1.94. The van der Waals surface area contributed by atoms with Crippen molar-refractivity contribution in [2.45, 2.75) is 0 Å². The van der Waals surface area contributed by atoms with E-state index in [-0.39, 0.29) is 0 Å². The molecule has 0 unspecified atom stereocenters. The first-order chi connectivity index (χ1) is 78.8. The Hall–Kier alpha value is -17.6. The fourth-order valence-corrected chi connectivity index (χ4v) is 18.5. The highest BCUT2D eigenvalue weighted by Crippen LogP contribution is 2.45. The van der Waals surface area contributed by atoms with Crippen LogP contribution in [0.3, 0.4) is 0 Å². The molecule has 0 fully saturated rings. The molecule has 0 bridgehead atoms. The third-order valence-corrected chi connectivity index (χ3v) is 24.4. The molecule has 6 heteroatoms. The molecular weight excluding hydrogens is 1600 g/mol. The van der Waals surface area contributed by atoms with E-state index in [1.165, 1.54) is 143 Å². The van der Waals surface area contributed by atoms with Crippen molar-refractivity contribution in [3.63, 3.8) is 0 Å². The third-order valence-electron chi connectivity index (χ3n) is 24.4. The Bertz CT molecular complexity index is 10700. The van der Waals surface area contributed by atoms with E-state index in [0.29, 0.717) is 9.13 Å². The molecule has 27 rings (SSSR count). The van der Waals surface area contributed by atoms with Gasteiger partial charge in [-0.25, -0.2) is 0 Å². The van der Waals surface area contributed by atoms with Crippen LogP contribution in [-0.4, -0.2) is 27.4 Å². The van der Waals surface area contributed by atoms with Gasteiger partial charge in [-0.05, 0) is 249 Å². The summed E-state index contributed by atoms with van der Waals surface area (Å²) in [5, 5.41) is 7.43. The van der Waals surface area contributed by atoms with Crippen LogP contribution in [0.25, 0.3) is 232 Å². The van der Waals surface area contributed by atoms with Crippen LogP contribution in [0, 0.1) is 0 Å². The van der Waals surface area contributed by atoms with Crippen molar-refractivity contribution in [2.24, 2.45) is 0 Å². The Labute approximate surface area is 808 Å². The summed E-state index contributed by atoms with van der Waals surface area (Å²) in [4.78, 5) is 0. The molecule has 618 valence electrons. The molecular formula is C126H84N6. The molecule has 21 aromatic carbocycles. The van der Waals surface area contributed by atoms with Crippen molar-refractivity contribution < 1.29 is 43.9 Å². The Morgan fingerprint density at radius 1 is 0.121 bits per heavy atom. The van der Waals surface area contributed by atoms with Crippen molar-refractivity contribution >= 4 is 131 Å². The van der Waals surface area contributed by atoms with Gasteiger partial charge in [-0.15, -0.1) is 0 Å². The largest absolute Gasteiger partial charge is 0.309 e. The molecule has 0 saturated heterocycles. The number of hydrogen-bond acceptors (Lipinski definition) is 0. The lowest BCUT2D eigenvalue weighted by atomic mass is 10.0. The number of hydrogen-bond donors (Lipinski definition) is 0. The highest BCUT2D eigenvalue weighted by molar-refractivity contribution is 6.17. The van der Waals surface area contributed by atoms with Gasteiger partial charge in [0, 0.05) is 98.8 Å². The van der Waals surface area contributed by atoms with E-state index in [0.717, 1.165) is 0 Å². The maximum absolute atomic E-state index is 9.89. The molecule has 0 saturated carbocycles. The molecule has 0 aliphatic heterocycles. The van der Waals surface area contributed by atoms with Gasteiger partial charge in [0.25, 0.3) is 0 Å². The summed E-state index contributed by atoms with van der Waals surface area (Å²) >= 11 is 0. The Kier molecular flexibility index (Phi) is 12.4. The van der Waals surface area contributed by atoms with Crippen LogP contribution in [0.1, 0.15) is 43.9 Å². The van der Waals surface area contributed by atoms with Crippen molar-refractivity contribution in [3.05, 3.63) is 509 Å². The predicted molar refractivity (Wildman–Crippen MR) is 558 cm³/mol. The standard InChI is InChI=1S/C48H32N2.C42H28N2.C36H24N2/c1-3-13-33(14-4-1)35-17-11-19-39(29-35)49-45-23-9-7-21-41(45)43-31-37(25-27-47(43)49)38-26-28-48-44(32-38)42-22-8-10-24-46(42)50(48)40-20-12-18-36(30-40)34-15-5-2-6-16-34;1-3-11-29(12-4-1)30-19-23-34(24-20-30)44-40-18-10-8-16-36(40)38-28-32(22-26-42(38)44)31-21-25-41-37(27-31)35-15-7-9-17-39(35)43(41)33-13-5-2-6-14-33;1-3-11-27(12-4-1)37-33-17-9-7-15-29(33)31-23-25(19-21-35(31)37)26-20-22-36-32(24-26)30-16-8-10-18-34(30)38(36)28-13-5-2-6-14-28/h1-32H;1-28H;1-24H/i1D,2D,3D,4D,5D,6D,7D,8D,9D,10D,11D,12D,13D,14D,15D,16D,17D,18D,19D,20D,21D,22D,23D,24D,25D,26D,27D,28D,29D,30D,31D,32D;;. The minimum atomic E-state index is -1.12. The van der Waals surface area contributed by atoms with Crippen LogP contribution in [-0.2, 0) is 0 Å². The summed E-state index contributed by atoms with van der Waals surface area (Å²) in [6.45, 7) is 0. The molecule has 0 radical (unpaired) electrons. The zero-order valence-electron chi connectivity index (χ0n) is 102. The first-order valence-electron chi connectivity index (χ1n) is 58.8. The van der Waals surface area contributed by atoms with Crippen LogP contribution in [0.5, 0.6) is 0 Å². The SMILES string of the molecule is [2H]c1c([2H])c([2H])c(-c2c([2H])c([2H])c([2H])c(-n3c4c([2H])c([2H])c([2H])c([2H])c4c4c([2H])c(-c5c([2H])c([2H])c6c(c5[2H])c5c([2H])c([2H])c([2H])c([2H])c5n6-c5c([2H])c([2H])c([2H])c(-c6c([2H])c([2H])c([2H])c([2H])c6[2H])c5[2H])c([2H])c([2H])c43)c2[2H])c([2H])c1[2H].c1ccc(-c2ccc(-n3c4ccccc4c4cc(-c5ccc6c(c5)c5ccccc5n6-c5ccccc5)ccc43)cc2)cc1.c1ccc(-n2c3ccccc3c3cc(-c4ccc5c(c4)c4ccccc4n5-c4ccccc4)ccc32)cc1. The number of para-hydroxylation sites is 9. The maximum atomic E-state index is 9.89. The van der Waals surface area contributed by atoms with Crippen LogP contribution in [0.2, 0.25) is 0 Å². The first-order valence-corrected chi connectivity index (χ1v) is 42.8. The summed E-state index contributed by atoms with van der Waals surface area (Å²) in [7, 11) is 0. The highest BCUT2D eigenvalue weighted by atomic mass is 15.0. The van der Waals surface area contributed by atoms with E-state index in [4.69, 9.17) is 27.4 Å². The van der Waals surface area contributed by atoms with Crippen LogP contribution < -0.4 is 0 Å². The number of fused-ring (bicyclic) bond motifs is 18. The van der Waals surface area contributed by atoms with Gasteiger partial charge in [-0.2, -0.15) is 0 Å². The molecule has 0 spiro atoms. The van der Waals surface area contributed by atoms with E-state index >= 15 is 0 Å². The van der Waals surface area contributed by atoms with E-state index in [1.807, 2.05) is 0 Å². The Morgan fingerprint density at radius 2 is 0.379 bits per heavy atom. The first kappa shape index (κ1) is 50.7. The quantitative estimate of drug-likeness (QED) is 0.117. The minimum Gasteiger partial charge on any atom is -0.309 e. The van der Waals surface area contributed by atoms with Gasteiger partial charge in [0.2, 0.25) is 0 Å². The van der Waals surface area contributed by atoms with Crippen molar-refractivity contribution in [2.75, 3.05) is 0 Å². The molecule has 0 atom stereocenters. The van der Waals surface area contributed by atoms with Crippen molar-refractivity contribution in [1.82, 2.24) is 27.4 Å². The van der Waals surface area contributed by atoms with Crippen LogP contribution >= 0.6 is 0 Å². The fraction of sp³-hybridized carbons (Fsp3) is 0. The van der Waals surface area contributed by atoms with Gasteiger partial charge in [0.05, 0.1) is 110 Å². The van der Waals surface area contributed by atoms with Crippen LogP contribution in [0.15, 0.2) is 509 Å². The van der Waals surface area contributed by atoms with E-state index < -0.39 is 282 Å². The minimum absolute atomic E-state index is 0.661. The summed E-state index contributed by atoms with van der Waals surface area (Å²) in [5.74, 6) is 0. The van der Waals surface area contributed by atoms with Crippen LogP contribution in [0.4, 0.5) is 0 Å². The molecule has 0 amide bonds. The molecule has 6 heterocycles. The van der Waals surface area contributed by atoms with Gasteiger partial charge < -0.3 is 27.4 Å². The van der Waals surface area contributed by atoms with E-state index in [1.54, 1.807) is 0 Å². The third kappa shape index (κ3) is 13.3. The van der Waals surface area contributed by atoms with Crippen molar-refractivity contribution in [3.8, 4) is 101 Å². The Morgan fingerprint density at radius 3 is 0.735 bits per heavy atom. The second kappa shape index (κ2) is 32.4. The lowest BCUT2D eigenvalue weighted by Gasteiger charge is -2.11. The number of nitrogens with zero attached hydrogens (tertiary/aromatic N) is 6. The normalized spacial score (nSPS) is 15.0. The summed E-state index contributed by atoms with van der Waals surface area (Å²) in [6.07, 6.45) is 0. The molecule has 0 aliphatic rings. The second-order valence-electron chi connectivity index (χ2n) is 31.8. The predicted octanol–water partition coefficient (Wildman–Crippen LogP) is 33.6. The zero-order valence-corrected chi connectivity index (χ0v) is 69.7. The maximum Gasteiger partial charge on any atom is 0.0651 e. The highest BCUT2D eigenvalue weighted by Gasteiger charge is 2.23. The van der Waals surface area contributed by atoms with Gasteiger partial charge >= 0.3 is 0 Å². The van der Waals surface area contributed by atoms with Gasteiger partial charge in [-0.3, -0.25) is 0 Å². The molecule has 0 aliphatic carbocycles. The molecule has 6 nitrogen and oxygen atoms in total. The smallest absolute Gasteiger partial charge is 0.0651 e. The van der Waals surface area contributed by atoms with Gasteiger partial charge in [0.1, 0.15) is 0 Å². The molecule has 132 heavy (non-hydrogen) atoms. The van der Waals surface area contributed by atoms with E-state index in [2.05, 4.69) is 334 Å². The molecule has 6 aromatic heterocycles. The topological polar surface area (TPSA) is 29.6 Å². The summed E-state index contributed by atoms with van der Waals surface area (Å²) in [5.41, 5.74) is 12.1. The average molecular weight is 1710 g/mol. The average Bonchev–Trinajstić information content (AvgIpc) is 1.50. The van der Waals surface area contributed by atoms with Gasteiger partial charge in [-0.1, -0.05) is 327 Å². The number of aromatic nitrogens is 6. The molecule has 27 aromatic rings. The lowest BCUT2D eigenvalue weighted by molar-refractivity contribution is 1.18. The summed E-state index contributed by atoms with van der Waals surface area (Å²) in [6, 6.07) is 82.3. The van der Waals surface area contributed by atoms with Gasteiger partial charge in [0.15, 0.2) is 0 Å².